The van der Waals surface area contributed by atoms with Gasteiger partial charge >= 0.3 is 5.97 Å². The monoisotopic (exact) mass is 587 g/mol. The number of ether oxygens (including phenoxy) is 3. The number of para-hydroxylation sites is 1. The number of halogens is 1. The van der Waals surface area contributed by atoms with Crippen LogP contribution in [0.15, 0.2) is 94.5 Å². The van der Waals surface area contributed by atoms with Crippen molar-refractivity contribution in [1.82, 2.24) is 10.2 Å². The molecule has 0 bridgehead atoms. The van der Waals surface area contributed by atoms with E-state index in [0.717, 1.165) is 11.1 Å². The molecule has 1 atom stereocenters. The number of carbonyl (C=O) groups is 2. The van der Waals surface area contributed by atoms with E-state index in [0.29, 0.717) is 39.2 Å². The zero-order valence-electron chi connectivity index (χ0n) is 23.4. The van der Waals surface area contributed by atoms with Crippen molar-refractivity contribution in [2.45, 2.75) is 25.9 Å². The Morgan fingerprint density at radius 2 is 1.76 bits per heavy atom. The fourth-order valence-corrected chi connectivity index (χ4v) is 5.86. The Kier molecular flexibility index (Phi) is 8.92. The van der Waals surface area contributed by atoms with Crippen LogP contribution >= 0.6 is 11.8 Å². The highest BCUT2D eigenvalue weighted by Crippen LogP contribution is 2.50. The number of methoxy groups -OCH3 is 2. The molecule has 1 N–H and O–H groups in total. The SMILES string of the molecule is CCOC(=O)C1=C(c2ccccc2)N=C2SC=C(CC(=O)NCc3ccc(F)cc3)N2C1c1cccc(OC)c1OC. The third-order valence-corrected chi connectivity index (χ3v) is 7.71. The zero-order valence-corrected chi connectivity index (χ0v) is 24.2. The van der Waals surface area contributed by atoms with Crippen molar-refractivity contribution >= 4 is 34.5 Å². The molecule has 0 aromatic heterocycles. The van der Waals surface area contributed by atoms with Crippen LogP contribution in [0.25, 0.3) is 5.70 Å². The van der Waals surface area contributed by atoms with Gasteiger partial charge in [0.15, 0.2) is 16.7 Å². The summed E-state index contributed by atoms with van der Waals surface area (Å²) < 4.78 is 30.3. The van der Waals surface area contributed by atoms with Gasteiger partial charge in [0.2, 0.25) is 5.91 Å². The van der Waals surface area contributed by atoms with Gasteiger partial charge in [-0.25, -0.2) is 14.2 Å². The van der Waals surface area contributed by atoms with Gasteiger partial charge in [0.1, 0.15) is 5.82 Å². The van der Waals surface area contributed by atoms with E-state index in [-0.39, 0.29) is 31.3 Å². The maximum absolute atomic E-state index is 13.7. The number of aliphatic imine (C=N–C) groups is 1. The molecule has 5 rings (SSSR count). The molecule has 42 heavy (non-hydrogen) atoms. The van der Waals surface area contributed by atoms with Crippen molar-refractivity contribution in [3.63, 3.8) is 0 Å². The number of thioether (sulfide) groups is 1. The Morgan fingerprint density at radius 1 is 1.00 bits per heavy atom. The van der Waals surface area contributed by atoms with Gasteiger partial charge in [-0.3, -0.25) is 4.79 Å². The van der Waals surface area contributed by atoms with Gasteiger partial charge in [-0.2, -0.15) is 0 Å². The van der Waals surface area contributed by atoms with E-state index in [1.807, 2.05) is 52.8 Å². The van der Waals surface area contributed by atoms with Crippen molar-refractivity contribution in [2.75, 3.05) is 20.8 Å². The molecule has 0 spiro atoms. The van der Waals surface area contributed by atoms with Gasteiger partial charge in [0, 0.05) is 23.4 Å². The molecule has 0 fully saturated rings. The van der Waals surface area contributed by atoms with Crippen LogP contribution in [0.3, 0.4) is 0 Å². The van der Waals surface area contributed by atoms with Gasteiger partial charge in [-0.05, 0) is 36.1 Å². The van der Waals surface area contributed by atoms with Crippen LogP contribution in [0.4, 0.5) is 4.39 Å². The number of esters is 1. The molecular formula is C32H30FN3O5S. The van der Waals surface area contributed by atoms with Crippen molar-refractivity contribution in [1.29, 1.82) is 0 Å². The van der Waals surface area contributed by atoms with E-state index in [1.54, 1.807) is 39.3 Å². The van der Waals surface area contributed by atoms with Crippen molar-refractivity contribution in [2.24, 2.45) is 4.99 Å². The van der Waals surface area contributed by atoms with Gasteiger partial charge < -0.3 is 24.4 Å². The zero-order chi connectivity index (χ0) is 29.6. The first kappa shape index (κ1) is 28.9. The van der Waals surface area contributed by atoms with Crippen LogP contribution in [-0.4, -0.2) is 42.8 Å². The molecule has 2 aliphatic heterocycles. The number of nitrogens with one attached hydrogen (secondary N) is 1. The first-order chi connectivity index (χ1) is 20.4. The Hall–Kier alpha value is -4.57. The van der Waals surface area contributed by atoms with Crippen LogP contribution in [0, 0.1) is 5.82 Å². The molecule has 2 heterocycles. The summed E-state index contributed by atoms with van der Waals surface area (Å²) in [6, 6.07) is 20.2. The average molecular weight is 588 g/mol. The second-order valence-corrected chi connectivity index (χ2v) is 10.2. The summed E-state index contributed by atoms with van der Waals surface area (Å²) in [5, 5.41) is 5.38. The number of benzene rings is 3. The lowest BCUT2D eigenvalue weighted by Crippen LogP contribution is -2.38. The number of hydrogen-bond acceptors (Lipinski definition) is 8. The summed E-state index contributed by atoms with van der Waals surface area (Å²) in [7, 11) is 3.10. The summed E-state index contributed by atoms with van der Waals surface area (Å²) in [5.74, 6) is -0.143. The minimum atomic E-state index is -0.733. The molecule has 10 heteroatoms. The summed E-state index contributed by atoms with van der Waals surface area (Å²) in [6.45, 7) is 2.17. The smallest absolute Gasteiger partial charge is 0.338 e. The van der Waals surface area contributed by atoms with Gasteiger partial charge in [0.05, 0.1) is 44.6 Å². The lowest BCUT2D eigenvalue weighted by atomic mass is 9.90. The van der Waals surface area contributed by atoms with Crippen LogP contribution < -0.4 is 14.8 Å². The fourth-order valence-electron chi connectivity index (χ4n) is 4.94. The number of hydrogen-bond donors (Lipinski definition) is 1. The molecule has 1 unspecified atom stereocenters. The first-order valence-electron chi connectivity index (χ1n) is 13.4. The van der Waals surface area contributed by atoms with Crippen molar-refractivity contribution in [3.8, 4) is 11.5 Å². The van der Waals surface area contributed by atoms with Crippen LogP contribution in [0.5, 0.6) is 11.5 Å². The minimum Gasteiger partial charge on any atom is -0.493 e. The van der Waals surface area contributed by atoms with Gasteiger partial charge in [-0.15, -0.1) is 0 Å². The molecule has 3 aromatic rings. The van der Waals surface area contributed by atoms with Crippen LogP contribution in [0.1, 0.15) is 36.1 Å². The summed E-state index contributed by atoms with van der Waals surface area (Å²) >= 11 is 1.37. The highest BCUT2D eigenvalue weighted by molar-refractivity contribution is 8.16. The molecule has 0 saturated heterocycles. The maximum Gasteiger partial charge on any atom is 0.338 e. The van der Waals surface area contributed by atoms with E-state index < -0.39 is 12.0 Å². The lowest BCUT2D eigenvalue weighted by molar-refractivity contribution is -0.139. The number of amidine groups is 1. The molecule has 8 nitrogen and oxygen atoms in total. The number of nitrogens with zero attached hydrogens (tertiary/aromatic N) is 2. The van der Waals surface area contributed by atoms with E-state index in [2.05, 4.69) is 5.32 Å². The largest absolute Gasteiger partial charge is 0.493 e. The second-order valence-electron chi connectivity index (χ2n) is 9.41. The van der Waals surface area contributed by atoms with E-state index in [9.17, 15) is 14.0 Å². The fraction of sp³-hybridized carbons (Fsp3) is 0.219. The minimum absolute atomic E-state index is 0.0206. The highest BCUT2D eigenvalue weighted by Gasteiger charge is 2.43. The molecular weight excluding hydrogens is 557 g/mol. The maximum atomic E-state index is 13.7. The average Bonchev–Trinajstić information content (AvgIpc) is 3.41. The number of rotatable bonds is 10. The molecule has 0 saturated carbocycles. The van der Waals surface area contributed by atoms with Gasteiger partial charge in [-0.1, -0.05) is 66.4 Å². The second kappa shape index (κ2) is 12.9. The topological polar surface area (TPSA) is 89.5 Å². The quantitative estimate of drug-likeness (QED) is 0.299. The normalized spacial score (nSPS) is 15.9. The Labute approximate surface area is 247 Å². The molecule has 1 amide bonds. The third-order valence-electron chi connectivity index (χ3n) is 6.83. The molecule has 0 aliphatic carbocycles. The molecule has 3 aromatic carbocycles. The van der Waals surface area contributed by atoms with Crippen molar-refractivity contribution < 1.29 is 28.2 Å². The predicted octanol–water partition coefficient (Wildman–Crippen LogP) is 5.82. The summed E-state index contributed by atoms with van der Waals surface area (Å²) in [4.78, 5) is 33.7. The van der Waals surface area contributed by atoms with E-state index >= 15 is 0 Å². The van der Waals surface area contributed by atoms with E-state index in [1.165, 1.54) is 23.9 Å². The highest BCUT2D eigenvalue weighted by atomic mass is 32.2. The van der Waals surface area contributed by atoms with E-state index in [4.69, 9.17) is 19.2 Å². The molecule has 216 valence electrons. The Bertz CT molecular complexity index is 1570. The van der Waals surface area contributed by atoms with Gasteiger partial charge in [0.25, 0.3) is 0 Å². The molecule has 2 aliphatic rings. The molecule has 0 radical (unpaired) electrons. The standard InChI is InChI=1S/C32H30FN3O5S/c1-4-41-31(38)27-28(21-9-6-5-7-10-21)35-32-36(29(27)24-11-8-12-25(39-2)30(24)40-3)23(19-42-32)17-26(37)34-18-20-13-15-22(33)16-14-20/h5-16,19,29H,4,17-18H2,1-3H3,(H,34,37). The Balaban J connectivity index is 1.57. The number of amides is 1. The summed E-state index contributed by atoms with van der Waals surface area (Å²) in [6.07, 6.45) is 0.0206. The number of carbonyl (C=O) groups excluding carboxylic acids is 2. The predicted molar refractivity (Wildman–Crippen MR) is 160 cm³/mol. The van der Waals surface area contributed by atoms with Crippen molar-refractivity contribution in [3.05, 3.63) is 112 Å². The van der Waals surface area contributed by atoms with Crippen LogP contribution in [0.2, 0.25) is 0 Å². The first-order valence-corrected chi connectivity index (χ1v) is 14.3. The van der Waals surface area contributed by atoms with Crippen LogP contribution in [-0.2, 0) is 20.9 Å². The third kappa shape index (κ3) is 5.89. The lowest BCUT2D eigenvalue weighted by Gasteiger charge is -2.37. The number of fused-ring (bicyclic) bond motifs is 1. The Morgan fingerprint density at radius 3 is 2.45 bits per heavy atom. The summed E-state index contributed by atoms with van der Waals surface area (Å²) in [5.41, 5.74) is 3.64.